The van der Waals surface area contributed by atoms with Crippen molar-refractivity contribution in [2.24, 2.45) is 0 Å². The lowest BCUT2D eigenvalue weighted by Crippen LogP contribution is -2.20. The number of hydrogen-bond acceptors (Lipinski definition) is 2. The molecule has 0 fully saturated rings. The summed E-state index contributed by atoms with van der Waals surface area (Å²) in [4.78, 5) is 22.2. The van der Waals surface area contributed by atoms with Gasteiger partial charge in [0.25, 0.3) is 0 Å². The summed E-state index contributed by atoms with van der Waals surface area (Å²) < 4.78 is 0. The summed E-state index contributed by atoms with van der Waals surface area (Å²) in [5, 5.41) is 2.73. The third-order valence-corrected chi connectivity index (χ3v) is 2.52. The first-order valence-corrected chi connectivity index (χ1v) is 6.17. The molecule has 96 valence electrons. The average molecular weight is 245 g/mol. The van der Waals surface area contributed by atoms with E-state index in [1.807, 2.05) is 43.3 Å². The summed E-state index contributed by atoms with van der Waals surface area (Å²) in [6, 6.07) is 7.57. The van der Waals surface area contributed by atoms with Crippen molar-refractivity contribution in [2.75, 3.05) is 6.54 Å². The van der Waals surface area contributed by atoms with Gasteiger partial charge in [-0.25, -0.2) is 0 Å². The maximum atomic E-state index is 11.5. The second kappa shape index (κ2) is 7.43. The molecule has 0 aliphatic carbocycles. The minimum atomic E-state index is -0.0149. The van der Waals surface area contributed by atoms with Crippen LogP contribution in [0.1, 0.15) is 42.6 Å². The Morgan fingerprint density at radius 1 is 1.33 bits per heavy atom. The van der Waals surface area contributed by atoms with Crippen LogP contribution in [0.4, 0.5) is 0 Å². The van der Waals surface area contributed by atoms with E-state index in [0.717, 1.165) is 17.5 Å². The van der Waals surface area contributed by atoms with Crippen molar-refractivity contribution in [3.8, 4) is 0 Å². The van der Waals surface area contributed by atoms with Crippen LogP contribution in [0, 0.1) is 0 Å². The first-order chi connectivity index (χ1) is 8.63. The van der Waals surface area contributed by atoms with E-state index in [1.54, 1.807) is 0 Å². The summed E-state index contributed by atoms with van der Waals surface area (Å²) in [5.74, 6) is 0.141. The molecular formula is C15H19NO2. The monoisotopic (exact) mass is 245 g/mol. The van der Waals surface area contributed by atoms with Crippen LogP contribution in [0.3, 0.4) is 0 Å². The van der Waals surface area contributed by atoms with Gasteiger partial charge >= 0.3 is 0 Å². The van der Waals surface area contributed by atoms with Gasteiger partial charge in [0.05, 0.1) is 0 Å². The van der Waals surface area contributed by atoms with Crippen molar-refractivity contribution in [3.05, 3.63) is 41.5 Å². The molecule has 0 aliphatic heterocycles. The Morgan fingerprint density at radius 2 is 2.11 bits per heavy atom. The molecule has 1 amide bonds. The van der Waals surface area contributed by atoms with Gasteiger partial charge < -0.3 is 5.32 Å². The van der Waals surface area contributed by atoms with Gasteiger partial charge in [0, 0.05) is 25.5 Å². The number of rotatable bonds is 6. The van der Waals surface area contributed by atoms with E-state index in [9.17, 15) is 9.59 Å². The number of benzene rings is 1. The average Bonchev–Trinajstić information content (AvgIpc) is 2.37. The van der Waals surface area contributed by atoms with Crippen molar-refractivity contribution in [3.63, 3.8) is 0 Å². The number of nitrogens with one attached hydrogen (secondary N) is 1. The molecule has 3 heteroatoms. The zero-order chi connectivity index (χ0) is 13.4. The van der Waals surface area contributed by atoms with Crippen LogP contribution in [-0.2, 0) is 4.79 Å². The van der Waals surface area contributed by atoms with Crippen molar-refractivity contribution >= 4 is 17.8 Å². The summed E-state index contributed by atoms with van der Waals surface area (Å²) in [5.41, 5.74) is 1.76. The van der Waals surface area contributed by atoms with Gasteiger partial charge in [-0.15, -0.1) is 0 Å². The molecule has 1 aromatic carbocycles. The first kappa shape index (κ1) is 14.2. The van der Waals surface area contributed by atoms with Crippen LogP contribution in [0.2, 0.25) is 0 Å². The molecule has 0 atom stereocenters. The molecule has 1 rings (SSSR count). The maximum Gasteiger partial charge on any atom is 0.216 e. The third-order valence-electron chi connectivity index (χ3n) is 2.52. The summed E-state index contributed by atoms with van der Waals surface area (Å²) >= 11 is 0. The molecule has 0 unspecified atom stereocenters. The second-order valence-corrected chi connectivity index (χ2v) is 4.08. The van der Waals surface area contributed by atoms with E-state index < -0.39 is 0 Å². The van der Waals surface area contributed by atoms with E-state index in [0.29, 0.717) is 13.0 Å². The molecule has 0 spiro atoms. The zero-order valence-electron chi connectivity index (χ0n) is 10.9. The highest BCUT2D eigenvalue weighted by Crippen LogP contribution is 2.09. The van der Waals surface area contributed by atoms with Gasteiger partial charge in [0.15, 0.2) is 5.78 Å². The molecule has 18 heavy (non-hydrogen) atoms. The Labute approximate surface area is 108 Å². The van der Waals surface area contributed by atoms with Crippen LogP contribution in [0.15, 0.2) is 30.3 Å². The molecule has 1 N–H and O–H groups in total. The van der Waals surface area contributed by atoms with Crippen molar-refractivity contribution in [2.45, 2.75) is 26.7 Å². The van der Waals surface area contributed by atoms with Crippen molar-refractivity contribution < 1.29 is 9.59 Å². The lowest BCUT2D eigenvalue weighted by molar-refractivity contribution is -0.118. The number of hydrogen-bond donors (Lipinski definition) is 1. The molecule has 0 heterocycles. The van der Waals surface area contributed by atoms with Gasteiger partial charge in [-0.1, -0.05) is 37.3 Å². The Balaban J connectivity index is 2.54. The SMILES string of the molecule is CCC(=O)c1cccc(C=CCCNC(C)=O)c1. The third kappa shape index (κ3) is 4.95. The van der Waals surface area contributed by atoms with Gasteiger partial charge in [0.1, 0.15) is 0 Å². The van der Waals surface area contributed by atoms with Crippen LogP contribution in [0.25, 0.3) is 6.08 Å². The van der Waals surface area contributed by atoms with E-state index >= 15 is 0 Å². The maximum absolute atomic E-state index is 11.5. The number of amides is 1. The number of ketones is 1. The first-order valence-electron chi connectivity index (χ1n) is 6.17. The van der Waals surface area contributed by atoms with Crippen LogP contribution >= 0.6 is 0 Å². The van der Waals surface area contributed by atoms with Gasteiger partial charge in [-0.2, -0.15) is 0 Å². The van der Waals surface area contributed by atoms with Crippen molar-refractivity contribution in [1.29, 1.82) is 0 Å². The summed E-state index contributed by atoms with van der Waals surface area (Å²) in [6.07, 6.45) is 5.26. The fourth-order valence-corrected chi connectivity index (χ4v) is 1.57. The van der Waals surface area contributed by atoms with E-state index in [-0.39, 0.29) is 11.7 Å². The molecule has 0 saturated carbocycles. The van der Waals surface area contributed by atoms with Gasteiger partial charge in [-0.3, -0.25) is 9.59 Å². The normalized spacial score (nSPS) is 10.6. The molecule has 0 saturated heterocycles. The van der Waals surface area contributed by atoms with E-state index in [2.05, 4.69) is 5.32 Å². The highest BCUT2D eigenvalue weighted by Gasteiger charge is 2.01. The second-order valence-electron chi connectivity index (χ2n) is 4.08. The molecular weight excluding hydrogens is 226 g/mol. The highest BCUT2D eigenvalue weighted by molar-refractivity contribution is 5.96. The Hall–Kier alpha value is -1.90. The Kier molecular flexibility index (Phi) is 5.85. The minimum Gasteiger partial charge on any atom is -0.356 e. The molecule has 1 aromatic rings. The summed E-state index contributed by atoms with van der Waals surface area (Å²) in [7, 11) is 0. The molecule has 3 nitrogen and oxygen atoms in total. The van der Waals surface area contributed by atoms with Crippen LogP contribution in [-0.4, -0.2) is 18.2 Å². The topological polar surface area (TPSA) is 46.2 Å². The van der Waals surface area contributed by atoms with Crippen LogP contribution < -0.4 is 5.32 Å². The minimum absolute atomic E-state index is 0.0149. The quantitative estimate of drug-likeness (QED) is 0.618. The zero-order valence-corrected chi connectivity index (χ0v) is 10.9. The fraction of sp³-hybridized carbons (Fsp3) is 0.333. The van der Waals surface area contributed by atoms with Crippen molar-refractivity contribution in [1.82, 2.24) is 5.32 Å². The Bertz CT molecular complexity index is 450. The fourth-order valence-electron chi connectivity index (χ4n) is 1.57. The lowest BCUT2D eigenvalue weighted by Gasteiger charge is -2.00. The Morgan fingerprint density at radius 3 is 2.78 bits per heavy atom. The number of carbonyl (C=O) groups excluding carboxylic acids is 2. The lowest BCUT2D eigenvalue weighted by atomic mass is 10.1. The van der Waals surface area contributed by atoms with Gasteiger partial charge in [-0.05, 0) is 18.1 Å². The van der Waals surface area contributed by atoms with E-state index in [1.165, 1.54) is 6.92 Å². The van der Waals surface area contributed by atoms with Gasteiger partial charge in [0.2, 0.25) is 5.91 Å². The predicted molar refractivity (Wildman–Crippen MR) is 73.4 cm³/mol. The molecule has 0 bridgehead atoms. The molecule has 0 aromatic heterocycles. The standard InChI is InChI=1S/C15H19NO2/c1-3-15(18)14-9-6-8-13(11-14)7-4-5-10-16-12(2)17/h4,6-9,11H,3,5,10H2,1-2H3,(H,16,17). The molecule has 0 aliphatic rings. The smallest absolute Gasteiger partial charge is 0.216 e. The highest BCUT2D eigenvalue weighted by atomic mass is 16.1. The van der Waals surface area contributed by atoms with E-state index in [4.69, 9.17) is 0 Å². The summed E-state index contributed by atoms with van der Waals surface area (Å²) in [6.45, 7) is 4.00. The van der Waals surface area contributed by atoms with Crippen LogP contribution in [0.5, 0.6) is 0 Å². The predicted octanol–water partition coefficient (Wildman–Crippen LogP) is 2.82. The molecule has 0 radical (unpaired) electrons. The number of Topliss-reactive ketones (excluding diaryl/α,β-unsaturated/α-hetero) is 1. The largest absolute Gasteiger partial charge is 0.356 e. The number of carbonyl (C=O) groups is 2.